The summed E-state index contributed by atoms with van der Waals surface area (Å²) < 4.78 is 0.953. The van der Waals surface area contributed by atoms with Crippen molar-refractivity contribution in [1.29, 1.82) is 0 Å². The average Bonchev–Trinajstić information content (AvgIpc) is 2.04. The van der Waals surface area contributed by atoms with E-state index in [-0.39, 0.29) is 0 Å². The third-order valence-corrected chi connectivity index (χ3v) is 2.04. The molecule has 0 radical (unpaired) electrons. The fraction of sp³-hybridized carbons (Fsp3) is 0.429. The molecule has 10 heavy (non-hydrogen) atoms. The lowest BCUT2D eigenvalue weighted by Crippen LogP contribution is -1.95. The molecule has 0 spiro atoms. The summed E-state index contributed by atoms with van der Waals surface area (Å²) in [6, 6.07) is 0. The average molecular weight is 248 g/mol. The van der Waals surface area contributed by atoms with E-state index in [1.54, 1.807) is 12.4 Å². The number of nitrogens with zero attached hydrogens (tertiary/aromatic N) is 2. The van der Waals surface area contributed by atoms with E-state index in [4.69, 9.17) is 0 Å². The van der Waals surface area contributed by atoms with E-state index in [0.29, 0.717) is 0 Å². The summed E-state index contributed by atoms with van der Waals surface area (Å²) in [6.45, 7) is 2.10. The molecule has 54 valence electrons. The summed E-state index contributed by atoms with van der Waals surface area (Å²) >= 11 is 2.30. The highest BCUT2D eigenvalue weighted by atomic mass is 127. The third kappa shape index (κ3) is 1.65. The molecule has 0 N–H and O–H groups in total. The van der Waals surface area contributed by atoms with E-state index in [1.807, 2.05) is 0 Å². The molecule has 0 aliphatic carbocycles. The van der Waals surface area contributed by atoms with Crippen LogP contribution >= 0.6 is 22.6 Å². The van der Waals surface area contributed by atoms with Gasteiger partial charge in [-0.25, -0.2) is 0 Å². The molecule has 0 amide bonds. The zero-order valence-corrected chi connectivity index (χ0v) is 8.00. The number of rotatable bonds is 2. The molecule has 0 fully saturated rings. The summed E-state index contributed by atoms with van der Waals surface area (Å²) in [5, 5.41) is 0. The van der Waals surface area contributed by atoms with Crippen LogP contribution in [0.4, 0.5) is 0 Å². The number of halogens is 1. The molecule has 0 aliphatic rings. The van der Waals surface area contributed by atoms with Crippen molar-refractivity contribution in [3.05, 3.63) is 23.8 Å². The lowest BCUT2D eigenvalue weighted by atomic mass is 10.3. The maximum absolute atomic E-state index is 4.20. The van der Waals surface area contributed by atoms with Crippen molar-refractivity contribution >= 4 is 22.6 Å². The zero-order chi connectivity index (χ0) is 7.40. The predicted octanol–water partition coefficient (Wildman–Crippen LogP) is 1.97. The second-order valence-corrected chi connectivity index (χ2v) is 2.70. The number of hydrogen-bond donors (Lipinski definition) is 0. The van der Waals surface area contributed by atoms with E-state index in [1.165, 1.54) is 0 Å². The Kier molecular flexibility index (Phi) is 3.05. The Labute approximate surface area is 74.2 Å². The van der Waals surface area contributed by atoms with Crippen molar-refractivity contribution < 1.29 is 0 Å². The van der Waals surface area contributed by atoms with Gasteiger partial charge in [0.1, 0.15) is 0 Å². The summed E-state index contributed by atoms with van der Waals surface area (Å²) in [6.07, 6.45) is 4.47. The molecule has 2 nitrogen and oxygen atoms in total. The Morgan fingerprint density at radius 3 is 2.30 bits per heavy atom. The smallest absolute Gasteiger partial charge is 0.0715 e. The van der Waals surface area contributed by atoms with Crippen molar-refractivity contribution in [3.8, 4) is 0 Å². The summed E-state index contributed by atoms with van der Waals surface area (Å²) in [4.78, 5) is 8.40. The van der Waals surface area contributed by atoms with Gasteiger partial charge in [0.15, 0.2) is 0 Å². The highest BCUT2D eigenvalue weighted by Crippen LogP contribution is 2.06. The topological polar surface area (TPSA) is 25.8 Å². The van der Waals surface area contributed by atoms with Crippen molar-refractivity contribution in [2.24, 2.45) is 0 Å². The molecule has 0 saturated heterocycles. The Hall–Kier alpha value is -0.190. The Morgan fingerprint density at radius 1 is 1.30 bits per heavy atom. The summed E-state index contributed by atoms with van der Waals surface area (Å²) in [5.41, 5.74) is 2.24. The summed E-state index contributed by atoms with van der Waals surface area (Å²) in [7, 11) is 0. The van der Waals surface area contributed by atoms with Crippen LogP contribution in [0.5, 0.6) is 0 Å². The van der Waals surface area contributed by atoms with Gasteiger partial charge >= 0.3 is 0 Å². The van der Waals surface area contributed by atoms with Crippen molar-refractivity contribution in [1.82, 2.24) is 9.97 Å². The molecule has 1 heterocycles. The fourth-order valence-electron chi connectivity index (χ4n) is 0.803. The monoisotopic (exact) mass is 248 g/mol. The van der Waals surface area contributed by atoms with Crippen LogP contribution in [-0.4, -0.2) is 9.97 Å². The normalized spacial score (nSPS) is 9.80. The molecule has 0 aliphatic heterocycles. The first-order valence-corrected chi connectivity index (χ1v) is 4.75. The highest BCUT2D eigenvalue weighted by Gasteiger charge is 1.98. The lowest BCUT2D eigenvalue weighted by molar-refractivity contribution is 0.955. The fourth-order valence-corrected chi connectivity index (χ4v) is 1.44. The largest absolute Gasteiger partial charge is 0.258 e. The molecule has 0 saturated carbocycles. The van der Waals surface area contributed by atoms with E-state index >= 15 is 0 Å². The molecule has 1 rings (SSSR count). The SMILES string of the molecule is CCc1nccnc1CI. The van der Waals surface area contributed by atoms with Gasteiger partial charge in [-0.15, -0.1) is 0 Å². The van der Waals surface area contributed by atoms with Gasteiger partial charge < -0.3 is 0 Å². The zero-order valence-electron chi connectivity index (χ0n) is 5.84. The van der Waals surface area contributed by atoms with E-state index in [0.717, 1.165) is 22.2 Å². The molecule has 3 heteroatoms. The number of aromatic nitrogens is 2. The minimum atomic E-state index is 0.953. The van der Waals surface area contributed by atoms with Gasteiger partial charge in [0, 0.05) is 16.8 Å². The van der Waals surface area contributed by atoms with Crippen LogP contribution in [0.2, 0.25) is 0 Å². The number of aryl methyl sites for hydroxylation is 1. The molecule has 0 aromatic carbocycles. The first kappa shape index (κ1) is 7.91. The Bertz CT molecular complexity index is 190. The maximum Gasteiger partial charge on any atom is 0.0715 e. The van der Waals surface area contributed by atoms with Gasteiger partial charge in [-0.05, 0) is 6.42 Å². The second kappa shape index (κ2) is 3.85. The molecule has 1 aromatic rings. The number of hydrogen-bond acceptors (Lipinski definition) is 2. The van der Waals surface area contributed by atoms with Crippen LogP contribution < -0.4 is 0 Å². The van der Waals surface area contributed by atoms with Crippen LogP contribution in [0, 0.1) is 0 Å². The highest BCUT2D eigenvalue weighted by molar-refractivity contribution is 14.1. The van der Waals surface area contributed by atoms with Gasteiger partial charge in [0.2, 0.25) is 0 Å². The molecule has 0 unspecified atom stereocenters. The van der Waals surface area contributed by atoms with Crippen molar-refractivity contribution in [3.63, 3.8) is 0 Å². The van der Waals surface area contributed by atoms with Gasteiger partial charge in [0.05, 0.1) is 11.4 Å². The molecule has 0 atom stereocenters. The Balaban J connectivity index is 2.96. The predicted molar refractivity (Wildman–Crippen MR) is 49.1 cm³/mol. The van der Waals surface area contributed by atoms with Crippen molar-refractivity contribution in [2.45, 2.75) is 17.8 Å². The van der Waals surface area contributed by atoms with Gasteiger partial charge in [-0.3, -0.25) is 9.97 Å². The minimum absolute atomic E-state index is 0.953. The van der Waals surface area contributed by atoms with Crippen LogP contribution in [0.1, 0.15) is 18.3 Å². The lowest BCUT2D eigenvalue weighted by Gasteiger charge is -1.99. The van der Waals surface area contributed by atoms with Crippen LogP contribution in [-0.2, 0) is 10.8 Å². The molecule has 1 aromatic heterocycles. The third-order valence-electron chi connectivity index (χ3n) is 1.32. The molecular weight excluding hydrogens is 239 g/mol. The first-order valence-electron chi connectivity index (χ1n) is 3.23. The standard InChI is InChI=1S/C7H9IN2/c1-2-6-7(5-8)10-4-3-9-6/h3-4H,2,5H2,1H3. The van der Waals surface area contributed by atoms with Crippen LogP contribution in [0.25, 0.3) is 0 Å². The van der Waals surface area contributed by atoms with Gasteiger partial charge in [0.25, 0.3) is 0 Å². The van der Waals surface area contributed by atoms with Crippen molar-refractivity contribution in [2.75, 3.05) is 0 Å². The number of alkyl halides is 1. The molecule has 0 bridgehead atoms. The quantitative estimate of drug-likeness (QED) is 0.590. The summed E-state index contributed by atoms with van der Waals surface area (Å²) in [5.74, 6) is 0. The molecular formula is C7H9IN2. The maximum atomic E-state index is 4.20. The first-order chi connectivity index (χ1) is 4.88. The van der Waals surface area contributed by atoms with Crippen LogP contribution in [0.3, 0.4) is 0 Å². The second-order valence-electron chi connectivity index (χ2n) is 1.94. The van der Waals surface area contributed by atoms with E-state index in [9.17, 15) is 0 Å². The minimum Gasteiger partial charge on any atom is -0.258 e. The van der Waals surface area contributed by atoms with E-state index < -0.39 is 0 Å². The Morgan fingerprint density at radius 2 is 1.90 bits per heavy atom. The van der Waals surface area contributed by atoms with Gasteiger partial charge in [-0.1, -0.05) is 29.5 Å². The van der Waals surface area contributed by atoms with E-state index in [2.05, 4.69) is 39.5 Å². The van der Waals surface area contributed by atoms with Crippen LogP contribution in [0.15, 0.2) is 12.4 Å². The van der Waals surface area contributed by atoms with Gasteiger partial charge in [-0.2, -0.15) is 0 Å².